The predicted octanol–water partition coefficient (Wildman–Crippen LogP) is 5.93. The molecule has 2 aromatic carbocycles. The minimum atomic E-state index is -0.727. The molecule has 0 radical (unpaired) electrons. The van der Waals surface area contributed by atoms with Crippen molar-refractivity contribution in [3.05, 3.63) is 98.0 Å². The zero-order chi connectivity index (χ0) is 29.5. The van der Waals surface area contributed by atoms with Crippen LogP contribution in [0.1, 0.15) is 11.2 Å². The number of amides is 3. The summed E-state index contributed by atoms with van der Waals surface area (Å²) in [4.78, 5) is 40.1. The molecule has 5 rings (SSSR count). The molecule has 0 spiro atoms. The number of hydrogen-bond donors (Lipinski definition) is 4. The highest BCUT2D eigenvalue weighted by Crippen LogP contribution is 2.28. The molecule has 3 heterocycles. The number of carbonyl (C=O) groups is 2. The van der Waals surface area contributed by atoms with E-state index in [1.165, 1.54) is 31.5 Å². The smallest absolute Gasteiger partial charge is 0.323 e. The highest BCUT2D eigenvalue weighted by atomic mass is 19.1. The fourth-order valence-corrected chi connectivity index (χ4v) is 3.80. The van der Waals surface area contributed by atoms with E-state index in [4.69, 9.17) is 5.73 Å². The summed E-state index contributed by atoms with van der Waals surface area (Å²) in [6.07, 6.45) is 2.79. The summed E-state index contributed by atoms with van der Waals surface area (Å²) in [6.45, 7) is 7.39. The molecule has 3 amide bonds. The molecular formula is C29H32F2N8O3. The van der Waals surface area contributed by atoms with E-state index in [0.29, 0.717) is 33.5 Å². The van der Waals surface area contributed by atoms with Crippen molar-refractivity contribution in [2.45, 2.75) is 6.92 Å². The van der Waals surface area contributed by atoms with E-state index in [1.807, 2.05) is 0 Å². The van der Waals surface area contributed by atoms with Crippen LogP contribution in [0.4, 0.5) is 36.5 Å². The number of anilines is 4. The van der Waals surface area contributed by atoms with Gasteiger partial charge in [-0.3, -0.25) is 9.78 Å². The summed E-state index contributed by atoms with van der Waals surface area (Å²) in [5, 5.41) is 7.65. The number of urea groups is 1. The van der Waals surface area contributed by atoms with Crippen molar-refractivity contribution >= 4 is 45.9 Å². The van der Waals surface area contributed by atoms with Crippen LogP contribution < -0.4 is 21.7 Å². The normalized spacial score (nSPS) is 10.1. The highest BCUT2D eigenvalue weighted by molar-refractivity contribution is 6.00. The number of aromatic nitrogens is 4. The minimum absolute atomic E-state index is 0. The zero-order valence-corrected chi connectivity index (χ0v) is 22.3. The van der Waals surface area contributed by atoms with Gasteiger partial charge >= 0.3 is 6.03 Å². The summed E-state index contributed by atoms with van der Waals surface area (Å²) in [7, 11) is 0. The van der Waals surface area contributed by atoms with E-state index in [-0.39, 0.29) is 38.6 Å². The lowest BCUT2D eigenvalue weighted by Gasteiger charge is -2.11. The number of pyridine rings is 2. The Balaban J connectivity index is 0.00000316. The third kappa shape index (κ3) is 7.03. The van der Waals surface area contributed by atoms with Crippen LogP contribution in [0.25, 0.3) is 33.5 Å². The Morgan fingerprint density at radius 2 is 1.57 bits per heavy atom. The Bertz CT molecular complexity index is 1770. The average Bonchev–Trinajstić information content (AvgIpc) is 2.96. The predicted molar refractivity (Wildman–Crippen MR) is 165 cm³/mol. The molecule has 0 aliphatic heterocycles. The number of nitrogens with two attached hydrogens (primary N) is 1. The molecule has 0 atom stereocenters. The summed E-state index contributed by atoms with van der Waals surface area (Å²) in [5.74, 6) is -1.41. The molecule has 42 heavy (non-hydrogen) atoms. The van der Waals surface area contributed by atoms with E-state index >= 15 is 0 Å². The molecule has 0 unspecified atom stereocenters. The van der Waals surface area contributed by atoms with E-state index < -0.39 is 17.8 Å². The topological polar surface area (TPSA) is 179 Å². The van der Waals surface area contributed by atoms with E-state index in [2.05, 4.69) is 49.0 Å². The number of nitrogens with zero attached hydrogens (tertiary/aromatic N) is 4. The van der Waals surface area contributed by atoms with Crippen molar-refractivity contribution in [1.82, 2.24) is 19.9 Å². The molecular weight excluding hydrogens is 546 g/mol. The molecule has 220 valence electrons. The van der Waals surface area contributed by atoms with Gasteiger partial charge in [0.05, 0.1) is 11.2 Å². The maximum atomic E-state index is 14.9. The number of nitrogens with one attached hydrogen (secondary N) is 3. The second kappa shape index (κ2) is 13.5. The fraction of sp³-hybridized carbons (Fsp3) is 0.0345. The van der Waals surface area contributed by atoms with Gasteiger partial charge in [0.25, 0.3) is 0 Å². The number of nitrogen functional groups attached to an aromatic ring is 1. The Hall–Kier alpha value is -5.82. The molecule has 0 saturated carbocycles. The first-order valence-electron chi connectivity index (χ1n) is 12.1. The van der Waals surface area contributed by atoms with Crippen LogP contribution in [0, 0.1) is 11.8 Å². The molecule has 11 nitrogen and oxygen atoms in total. The van der Waals surface area contributed by atoms with E-state index in [0.717, 1.165) is 6.07 Å². The van der Waals surface area contributed by atoms with Crippen molar-refractivity contribution in [2.24, 2.45) is 0 Å². The van der Waals surface area contributed by atoms with Crippen LogP contribution in [-0.2, 0) is 4.79 Å². The van der Waals surface area contributed by atoms with Crippen molar-refractivity contribution in [3.63, 3.8) is 0 Å². The average molecular weight is 579 g/mol. The number of rotatable bonds is 5. The minimum Gasteiger partial charge on any atom is -0.412 e. The molecule has 3 aromatic heterocycles. The van der Waals surface area contributed by atoms with Crippen LogP contribution in [0.2, 0.25) is 0 Å². The van der Waals surface area contributed by atoms with Gasteiger partial charge in [-0.2, -0.15) is 4.39 Å². The number of fused-ring (bicyclic) bond motifs is 1. The van der Waals surface area contributed by atoms with Crippen LogP contribution in [0.3, 0.4) is 0 Å². The molecule has 0 aliphatic carbocycles. The van der Waals surface area contributed by atoms with Crippen molar-refractivity contribution < 1.29 is 28.1 Å². The maximum absolute atomic E-state index is 14.9. The van der Waals surface area contributed by atoms with Crippen LogP contribution in [0.5, 0.6) is 0 Å². The zero-order valence-electron chi connectivity index (χ0n) is 22.3. The molecule has 0 fully saturated rings. The second-order valence-corrected chi connectivity index (χ2v) is 8.40. The van der Waals surface area contributed by atoms with Crippen molar-refractivity contribution in [1.29, 1.82) is 0 Å². The SMILES string of the molecule is C=C.CC(=O)Nc1ccc(NC(=O)Nc2ccc(-c3nc(N)c4ncc(-c5cccnc5F)cc4n3)cc2F)cc1.O.[HH].[HH].[HH]. The third-order valence-corrected chi connectivity index (χ3v) is 5.57. The molecule has 0 aliphatic rings. The Morgan fingerprint density at radius 1 is 0.881 bits per heavy atom. The summed E-state index contributed by atoms with van der Waals surface area (Å²) < 4.78 is 29.1. The largest absolute Gasteiger partial charge is 0.412 e. The summed E-state index contributed by atoms with van der Waals surface area (Å²) in [6, 6.07) is 14.6. The van der Waals surface area contributed by atoms with Gasteiger partial charge in [0.1, 0.15) is 11.3 Å². The van der Waals surface area contributed by atoms with Gasteiger partial charge in [-0.05, 0) is 60.7 Å². The van der Waals surface area contributed by atoms with Crippen LogP contribution in [0.15, 0.2) is 86.2 Å². The van der Waals surface area contributed by atoms with Gasteiger partial charge in [0.15, 0.2) is 11.6 Å². The van der Waals surface area contributed by atoms with E-state index in [9.17, 15) is 18.4 Å². The van der Waals surface area contributed by atoms with Gasteiger partial charge in [-0.1, -0.05) is 0 Å². The Morgan fingerprint density at radius 3 is 2.21 bits per heavy atom. The lowest BCUT2D eigenvalue weighted by Crippen LogP contribution is -2.20. The second-order valence-electron chi connectivity index (χ2n) is 8.40. The maximum Gasteiger partial charge on any atom is 0.323 e. The monoisotopic (exact) mass is 578 g/mol. The number of hydrogen-bond acceptors (Lipinski definition) is 7. The van der Waals surface area contributed by atoms with Gasteiger partial charge in [-0.15, -0.1) is 13.2 Å². The Kier molecular flexibility index (Phi) is 9.87. The van der Waals surface area contributed by atoms with Gasteiger partial charge in [-0.25, -0.2) is 24.1 Å². The van der Waals surface area contributed by atoms with Crippen molar-refractivity contribution in [3.8, 4) is 22.5 Å². The highest BCUT2D eigenvalue weighted by Gasteiger charge is 2.15. The van der Waals surface area contributed by atoms with Gasteiger partial charge in [0.2, 0.25) is 11.9 Å². The quantitative estimate of drug-likeness (QED) is 0.147. The first kappa shape index (κ1) is 30.7. The molecule has 0 bridgehead atoms. The van der Waals surface area contributed by atoms with Crippen LogP contribution in [-0.4, -0.2) is 37.4 Å². The van der Waals surface area contributed by atoms with Crippen molar-refractivity contribution in [2.75, 3.05) is 21.7 Å². The lowest BCUT2D eigenvalue weighted by atomic mass is 10.1. The standard InChI is InChI=1S/C27H20F2N8O2.C2H4.H2O.3H2/c1-14(38)33-17-5-7-18(8-6-17)34-27(39)36-21-9-4-15(11-20(21)28)26-35-22-12-16(13-32-23(22)25(30)37-26)19-3-2-10-31-24(19)29;1-2;;;;/h2-13H,1H3,(H,33,38)(H2,30,35,37)(H2,34,36,39);1-2H2;1H2;3*1H. The number of carbonyl (C=O) groups excluding carboxylic acids is 2. The molecule has 5 aromatic rings. The summed E-state index contributed by atoms with van der Waals surface area (Å²) in [5.41, 5.74) is 8.66. The van der Waals surface area contributed by atoms with Gasteiger partial charge < -0.3 is 27.2 Å². The third-order valence-electron chi connectivity index (χ3n) is 5.57. The molecule has 0 saturated heterocycles. The van der Waals surface area contributed by atoms with Crippen LogP contribution >= 0.6 is 0 Å². The van der Waals surface area contributed by atoms with E-state index in [1.54, 1.807) is 42.5 Å². The number of halogens is 2. The molecule has 13 heteroatoms. The number of benzene rings is 2. The Labute approximate surface area is 243 Å². The first-order valence-corrected chi connectivity index (χ1v) is 12.1. The fourth-order valence-electron chi connectivity index (χ4n) is 3.80. The lowest BCUT2D eigenvalue weighted by molar-refractivity contribution is -0.114. The summed E-state index contributed by atoms with van der Waals surface area (Å²) >= 11 is 0. The molecule has 7 N–H and O–H groups in total. The van der Waals surface area contributed by atoms with Gasteiger partial charge in [0, 0.05) is 51.7 Å². The first-order chi connectivity index (χ1) is 19.8.